The van der Waals surface area contributed by atoms with Crippen LogP contribution < -0.4 is 10.9 Å². The Morgan fingerprint density at radius 3 is 2.41 bits per heavy atom. The molecule has 4 rings (SSSR count). The Hall–Kier alpha value is -3.73. The summed E-state index contributed by atoms with van der Waals surface area (Å²) in [7, 11) is 0. The van der Waals surface area contributed by atoms with Gasteiger partial charge in [0.2, 0.25) is 5.91 Å². The number of rotatable bonds is 5. The minimum Gasteiger partial charge on any atom is -0.326 e. The first kappa shape index (κ1) is 18.6. The van der Waals surface area contributed by atoms with E-state index in [4.69, 9.17) is 0 Å². The summed E-state index contributed by atoms with van der Waals surface area (Å²) in [6, 6.07) is 24.8. The Bertz CT molecular complexity index is 1230. The Balaban J connectivity index is 1.63. The first-order chi connectivity index (χ1) is 14.1. The van der Waals surface area contributed by atoms with E-state index in [-0.39, 0.29) is 24.4 Å². The predicted octanol–water partition coefficient (Wildman–Crippen LogP) is 4.40. The third-order valence-corrected chi connectivity index (χ3v) is 4.77. The van der Waals surface area contributed by atoms with Crippen LogP contribution in [0.4, 0.5) is 5.69 Å². The van der Waals surface area contributed by atoms with E-state index in [9.17, 15) is 9.59 Å². The summed E-state index contributed by atoms with van der Waals surface area (Å²) in [5.41, 5.74) is 3.30. The van der Waals surface area contributed by atoms with Gasteiger partial charge in [0.1, 0.15) is 0 Å². The molecule has 144 valence electrons. The van der Waals surface area contributed by atoms with E-state index in [0.717, 1.165) is 27.9 Å². The van der Waals surface area contributed by atoms with Gasteiger partial charge in [0.05, 0.1) is 17.6 Å². The first-order valence-electron chi connectivity index (χ1n) is 9.53. The number of carbonyl (C=O) groups excluding carboxylic acids is 1. The van der Waals surface area contributed by atoms with Gasteiger partial charge in [-0.1, -0.05) is 60.7 Å². The molecule has 0 bridgehead atoms. The number of nitrogens with zero attached hydrogens (tertiary/aromatic N) is 2. The number of carbonyl (C=O) groups is 1. The maximum absolute atomic E-state index is 12.9. The van der Waals surface area contributed by atoms with Crippen molar-refractivity contribution in [3.63, 3.8) is 0 Å². The van der Waals surface area contributed by atoms with Crippen LogP contribution in [0.3, 0.4) is 0 Å². The van der Waals surface area contributed by atoms with Gasteiger partial charge in [-0.15, -0.1) is 0 Å². The summed E-state index contributed by atoms with van der Waals surface area (Å²) >= 11 is 0. The third-order valence-electron chi connectivity index (χ3n) is 4.77. The quantitative estimate of drug-likeness (QED) is 0.555. The standard InChI is InChI=1S/C24H21N3O2/c1-17-8-7-11-19(16-17)25-22(28)14-15-27-24(29)21-13-6-5-12-20(21)23(26-27)18-9-3-2-4-10-18/h2-13,16H,14-15H2,1H3,(H,25,28). The summed E-state index contributed by atoms with van der Waals surface area (Å²) in [5, 5.41) is 8.87. The Kier molecular flexibility index (Phi) is 5.20. The van der Waals surface area contributed by atoms with Crippen molar-refractivity contribution in [3.8, 4) is 11.3 Å². The second-order valence-corrected chi connectivity index (χ2v) is 6.96. The molecule has 29 heavy (non-hydrogen) atoms. The van der Waals surface area contributed by atoms with E-state index >= 15 is 0 Å². The van der Waals surface area contributed by atoms with Gasteiger partial charge >= 0.3 is 0 Å². The van der Waals surface area contributed by atoms with Crippen molar-refractivity contribution >= 4 is 22.4 Å². The lowest BCUT2D eigenvalue weighted by Gasteiger charge is -2.11. The number of nitrogens with one attached hydrogen (secondary N) is 1. The summed E-state index contributed by atoms with van der Waals surface area (Å²) in [5.74, 6) is -0.154. The molecule has 0 aliphatic rings. The van der Waals surface area contributed by atoms with Gasteiger partial charge in [0, 0.05) is 23.1 Å². The van der Waals surface area contributed by atoms with E-state index in [1.54, 1.807) is 6.07 Å². The summed E-state index contributed by atoms with van der Waals surface area (Å²) in [6.07, 6.45) is 0.160. The van der Waals surface area contributed by atoms with E-state index in [0.29, 0.717) is 5.39 Å². The maximum atomic E-state index is 12.9. The molecule has 1 amide bonds. The van der Waals surface area contributed by atoms with Crippen LogP contribution >= 0.6 is 0 Å². The van der Waals surface area contributed by atoms with Crippen molar-refractivity contribution in [1.82, 2.24) is 9.78 Å². The average Bonchev–Trinajstić information content (AvgIpc) is 2.74. The molecular formula is C24H21N3O2. The molecular weight excluding hydrogens is 362 g/mol. The molecule has 0 spiro atoms. The zero-order chi connectivity index (χ0) is 20.2. The Morgan fingerprint density at radius 1 is 0.931 bits per heavy atom. The number of fused-ring (bicyclic) bond motifs is 1. The minimum absolute atomic E-state index is 0.154. The lowest BCUT2D eigenvalue weighted by atomic mass is 10.1. The van der Waals surface area contributed by atoms with Crippen LogP contribution in [-0.2, 0) is 11.3 Å². The van der Waals surface area contributed by atoms with Crippen LogP contribution in [0.25, 0.3) is 22.0 Å². The smallest absolute Gasteiger partial charge is 0.274 e. The van der Waals surface area contributed by atoms with Crippen LogP contribution in [0, 0.1) is 6.92 Å². The number of hydrogen-bond donors (Lipinski definition) is 1. The summed E-state index contributed by atoms with van der Waals surface area (Å²) < 4.78 is 1.39. The fourth-order valence-corrected chi connectivity index (χ4v) is 3.35. The van der Waals surface area contributed by atoms with Gasteiger partial charge in [-0.3, -0.25) is 9.59 Å². The highest BCUT2D eigenvalue weighted by atomic mass is 16.2. The van der Waals surface area contributed by atoms with Crippen LogP contribution in [0.2, 0.25) is 0 Å². The molecule has 1 N–H and O–H groups in total. The molecule has 1 aromatic heterocycles. The average molecular weight is 383 g/mol. The van der Waals surface area contributed by atoms with Crippen LogP contribution in [0.15, 0.2) is 83.7 Å². The van der Waals surface area contributed by atoms with Crippen molar-refractivity contribution in [2.45, 2.75) is 19.9 Å². The lowest BCUT2D eigenvalue weighted by molar-refractivity contribution is -0.116. The second kappa shape index (κ2) is 8.10. The van der Waals surface area contributed by atoms with E-state index < -0.39 is 0 Å². The highest BCUT2D eigenvalue weighted by Gasteiger charge is 2.13. The summed E-state index contributed by atoms with van der Waals surface area (Å²) in [4.78, 5) is 25.3. The lowest BCUT2D eigenvalue weighted by Crippen LogP contribution is -2.26. The monoisotopic (exact) mass is 383 g/mol. The van der Waals surface area contributed by atoms with Gasteiger partial charge in [-0.2, -0.15) is 5.10 Å². The molecule has 0 fully saturated rings. The van der Waals surface area contributed by atoms with Crippen LogP contribution in [0.5, 0.6) is 0 Å². The van der Waals surface area contributed by atoms with Gasteiger partial charge < -0.3 is 5.32 Å². The van der Waals surface area contributed by atoms with Crippen molar-refractivity contribution in [1.29, 1.82) is 0 Å². The molecule has 1 heterocycles. The number of anilines is 1. The first-order valence-corrected chi connectivity index (χ1v) is 9.53. The highest BCUT2D eigenvalue weighted by molar-refractivity contribution is 5.94. The fraction of sp³-hybridized carbons (Fsp3) is 0.125. The molecule has 5 heteroatoms. The second-order valence-electron chi connectivity index (χ2n) is 6.96. The van der Waals surface area contributed by atoms with Gasteiger partial charge in [-0.25, -0.2) is 4.68 Å². The van der Waals surface area contributed by atoms with E-state index in [1.165, 1.54) is 4.68 Å². The van der Waals surface area contributed by atoms with Crippen molar-refractivity contribution < 1.29 is 4.79 Å². The molecule has 4 aromatic rings. The topological polar surface area (TPSA) is 64.0 Å². The van der Waals surface area contributed by atoms with Gasteiger partial charge in [0.15, 0.2) is 0 Å². The van der Waals surface area contributed by atoms with Gasteiger partial charge in [-0.05, 0) is 30.7 Å². The van der Waals surface area contributed by atoms with Crippen molar-refractivity contribution in [2.75, 3.05) is 5.32 Å². The van der Waals surface area contributed by atoms with Crippen molar-refractivity contribution in [3.05, 3.63) is 94.8 Å². The number of amides is 1. The maximum Gasteiger partial charge on any atom is 0.274 e. The number of aryl methyl sites for hydroxylation is 2. The normalized spacial score (nSPS) is 10.8. The molecule has 3 aromatic carbocycles. The molecule has 0 aliphatic carbocycles. The molecule has 0 saturated carbocycles. The minimum atomic E-state index is -0.191. The summed E-state index contributed by atoms with van der Waals surface area (Å²) in [6.45, 7) is 2.18. The number of hydrogen-bond acceptors (Lipinski definition) is 3. The Labute approximate surface area is 168 Å². The predicted molar refractivity (Wildman–Crippen MR) is 116 cm³/mol. The van der Waals surface area contributed by atoms with E-state index in [1.807, 2.05) is 79.7 Å². The molecule has 0 saturated heterocycles. The Morgan fingerprint density at radius 2 is 1.66 bits per heavy atom. The molecule has 0 radical (unpaired) electrons. The van der Waals surface area contributed by atoms with Gasteiger partial charge in [0.25, 0.3) is 5.56 Å². The van der Waals surface area contributed by atoms with E-state index in [2.05, 4.69) is 10.4 Å². The molecule has 0 atom stereocenters. The molecule has 0 unspecified atom stereocenters. The largest absolute Gasteiger partial charge is 0.326 e. The third kappa shape index (κ3) is 4.09. The zero-order valence-electron chi connectivity index (χ0n) is 16.1. The highest BCUT2D eigenvalue weighted by Crippen LogP contribution is 2.24. The van der Waals surface area contributed by atoms with Crippen LogP contribution in [0.1, 0.15) is 12.0 Å². The van der Waals surface area contributed by atoms with Crippen LogP contribution in [-0.4, -0.2) is 15.7 Å². The molecule has 0 aliphatic heterocycles. The number of benzene rings is 3. The number of aromatic nitrogens is 2. The SMILES string of the molecule is Cc1cccc(NC(=O)CCn2nc(-c3ccccc3)c3ccccc3c2=O)c1. The van der Waals surface area contributed by atoms with Crippen molar-refractivity contribution in [2.24, 2.45) is 0 Å². The zero-order valence-corrected chi connectivity index (χ0v) is 16.1. The fourth-order valence-electron chi connectivity index (χ4n) is 3.35. The molecule has 5 nitrogen and oxygen atoms in total.